The zero-order valence-corrected chi connectivity index (χ0v) is 12.3. The second kappa shape index (κ2) is 5.07. The molecule has 0 spiro atoms. The summed E-state index contributed by atoms with van der Waals surface area (Å²) in [5, 5.41) is 5.03. The SMILES string of the molecule is O=C(Cc1cccs1)Nc1c2c(cc3c1OCC3)OCC2. The number of thiophene rings is 1. The van der Waals surface area contributed by atoms with Crippen LogP contribution in [0.1, 0.15) is 16.0 Å². The molecule has 1 aromatic heterocycles. The summed E-state index contributed by atoms with van der Waals surface area (Å²) < 4.78 is 11.4. The number of carbonyl (C=O) groups excluding carboxylic acids is 1. The minimum Gasteiger partial charge on any atom is -0.493 e. The van der Waals surface area contributed by atoms with Crippen molar-refractivity contribution in [2.45, 2.75) is 19.3 Å². The van der Waals surface area contributed by atoms with Crippen LogP contribution in [0, 0.1) is 0 Å². The van der Waals surface area contributed by atoms with E-state index in [1.165, 1.54) is 0 Å². The number of hydrogen-bond acceptors (Lipinski definition) is 4. The molecule has 2 aliphatic heterocycles. The fraction of sp³-hybridized carbons (Fsp3) is 0.312. The van der Waals surface area contributed by atoms with E-state index in [0.29, 0.717) is 19.6 Å². The minimum absolute atomic E-state index is 0.00421. The van der Waals surface area contributed by atoms with Gasteiger partial charge in [0, 0.05) is 28.8 Å². The maximum absolute atomic E-state index is 12.3. The number of fused-ring (bicyclic) bond motifs is 2. The molecular weight excluding hydrogens is 286 g/mol. The lowest BCUT2D eigenvalue weighted by molar-refractivity contribution is -0.115. The first-order valence-electron chi connectivity index (χ1n) is 7.08. The Labute approximate surface area is 126 Å². The molecule has 2 aromatic rings. The zero-order valence-electron chi connectivity index (χ0n) is 11.5. The van der Waals surface area contributed by atoms with Crippen molar-refractivity contribution in [1.29, 1.82) is 0 Å². The van der Waals surface area contributed by atoms with Crippen LogP contribution in [0.25, 0.3) is 0 Å². The molecule has 1 N–H and O–H groups in total. The Kier molecular flexibility index (Phi) is 3.07. The van der Waals surface area contributed by atoms with Crippen molar-refractivity contribution in [3.8, 4) is 11.5 Å². The number of benzene rings is 1. The first-order chi connectivity index (χ1) is 10.3. The van der Waals surface area contributed by atoms with Gasteiger partial charge in [0.2, 0.25) is 5.91 Å². The zero-order chi connectivity index (χ0) is 14.2. The highest BCUT2D eigenvalue weighted by Crippen LogP contribution is 2.44. The summed E-state index contributed by atoms with van der Waals surface area (Å²) in [5.74, 6) is 1.72. The average Bonchev–Trinajstić information content (AvgIpc) is 3.17. The molecule has 108 valence electrons. The van der Waals surface area contributed by atoms with Gasteiger partial charge in [0.15, 0.2) is 0 Å². The van der Waals surface area contributed by atoms with E-state index in [1.807, 2.05) is 17.5 Å². The van der Waals surface area contributed by atoms with Gasteiger partial charge in [-0.15, -0.1) is 11.3 Å². The minimum atomic E-state index is -0.00421. The van der Waals surface area contributed by atoms with Crippen molar-refractivity contribution >= 4 is 22.9 Å². The van der Waals surface area contributed by atoms with Gasteiger partial charge in [-0.2, -0.15) is 0 Å². The lowest BCUT2D eigenvalue weighted by Gasteiger charge is -2.13. The number of hydrogen-bond donors (Lipinski definition) is 1. The Morgan fingerprint density at radius 2 is 2.19 bits per heavy atom. The largest absolute Gasteiger partial charge is 0.493 e. The van der Waals surface area contributed by atoms with Crippen LogP contribution in [-0.4, -0.2) is 19.1 Å². The van der Waals surface area contributed by atoms with Gasteiger partial charge in [0.05, 0.1) is 25.3 Å². The van der Waals surface area contributed by atoms with E-state index in [9.17, 15) is 4.79 Å². The lowest BCUT2D eigenvalue weighted by atomic mass is 10.0. The average molecular weight is 301 g/mol. The van der Waals surface area contributed by atoms with E-state index >= 15 is 0 Å². The first kappa shape index (κ1) is 12.7. The Morgan fingerprint density at radius 3 is 3.05 bits per heavy atom. The van der Waals surface area contributed by atoms with Crippen LogP contribution in [0.2, 0.25) is 0 Å². The standard InChI is InChI=1S/C16H15NO3S/c18-14(9-11-2-1-7-21-11)17-15-12-4-6-19-13(12)8-10-3-5-20-16(10)15/h1-2,7-8H,3-6,9H2,(H,17,18). The summed E-state index contributed by atoms with van der Waals surface area (Å²) in [6.45, 7) is 1.35. The molecule has 0 saturated carbocycles. The molecule has 4 rings (SSSR count). The first-order valence-corrected chi connectivity index (χ1v) is 7.96. The number of carbonyl (C=O) groups is 1. The molecule has 0 aliphatic carbocycles. The highest BCUT2D eigenvalue weighted by atomic mass is 32.1. The highest BCUT2D eigenvalue weighted by Gasteiger charge is 2.27. The van der Waals surface area contributed by atoms with E-state index in [4.69, 9.17) is 9.47 Å². The van der Waals surface area contributed by atoms with Gasteiger partial charge in [0.25, 0.3) is 0 Å². The molecule has 4 nitrogen and oxygen atoms in total. The fourth-order valence-corrected chi connectivity index (χ4v) is 3.58. The van der Waals surface area contributed by atoms with Crippen molar-refractivity contribution in [3.63, 3.8) is 0 Å². The Bertz CT molecular complexity index is 662. The predicted molar refractivity (Wildman–Crippen MR) is 81.5 cm³/mol. The summed E-state index contributed by atoms with van der Waals surface area (Å²) in [7, 11) is 0. The monoisotopic (exact) mass is 301 g/mol. The number of anilines is 1. The number of rotatable bonds is 3. The Hall–Kier alpha value is -2.01. The van der Waals surface area contributed by atoms with Crippen LogP contribution in [0.5, 0.6) is 11.5 Å². The molecule has 0 saturated heterocycles. The molecule has 5 heteroatoms. The smallest absolute Gasteiger partial charge is 0.229 e. The van der Waals surface area contributed by atoms with Gasteiger partial charge in [-0.25, -0.2) is 0 Å². The maximum Gasteiger partial charge on any atom is 0.229 e. The third-order valence-corrected chi connectivity index (χ3v) is 4.71. The summed E-state index contributed by atoms with van der Waals surface area (Å²) in [6.07, 6.45) is 2.09. The summed E-state index contributed by atoms with van der Waals surface area (Å²) in [4.78, 5) is 13.3. The number of nitrogens with one attached hydrogen (secondary N) is 1. The van der Waals surface area contributed by atoms with E-state index < -0.39 is 0 Å². The Morgan fingerprint density at radius 1 is 1.29 bits per heavy atom. The molecule has 0 radical (unpaired) electrons. The molecule has 0 bridgehead atoms. The normalized spacial score (nSPS) is 15.0. The van der Waals surface area contributed by atoms with Crippen molar-refractivity contribution < 1.29 is 14.3 Å². The molecule has 3 heterocycles. The van der Waals surface area contributed by atoms with Crippen molar-refractivity contribution in [2.24, 2.45) is 0 Å². The molecule has 0 atom stereocenters. The van der Waals surface area contributed by atoms with Gasteiger partial charge in [-0.1, -0.05) is 6.07 Å². The van der Waals surface area contributed by atoms with E-state index in [1.54, 1.807) is 11.3 Å². The van der Waals surface area contributed by atoms with Crippen LogP contribution in [0.15, 0.2) is 23.6 Å². The Balaban J connectivity index is 1.64. The third-order valence-electron chi connectivity index (χ3n) is 3.83. The van der Waals surface area contributed by atoms with Gasteiger partial charge in [-0.3, -0.25) is 4.79 Å². The number of amides is 1. The van der Waals surface area contributed by atoms with E-state index in [0.717, 1.165) is 46.0 Å². The van der Waals surface area contributed by atoms with Crippen molar-refractivity contribution in [2.75, 3.05) is 18.5 Å². The van der Waals surface area contributed by atoms with Crippen LogP contribution in [-0.2, 0) is 24.1 Å². The van der Waals surface area contributed by atoms with Gasteiger partial charge in [0.1, 0.15) is 11.5 Å². The van der Waals surface area contributed by atoms with Crippen LogP contribution >= 0.6 is 11.3 Å². The molecule has 2 aliphatic rings. The van der Waals surface area contributed by atoms with E-state index in [-0.39, 0.29) is 5.91 Å². The second-order valence-corrected chi connectivity index (χ2v) is 6.25. The van der Waals surface area contributed by atoms with Crippen LogP contribution in [0.4, 0.5) is 5.69 Å². The summed E-state index contributed by atoms with van der Waals surface area (Å²) in [6, 6.07) is 5.99. The topological polar surface area (TPSA) is 47.6 Å². The van der Waals surface area contributed by atoms with Crippen molar-refractivity contribution in [1.82, 2.24) is 0 Å². The van der Waals surface area contributed by atoms with Gasteiger partial charge in [-0.05, 0) is 17.5 Å². The molecular formula is C16H15NO3S. The fourth-order valence-electron chi connectivity index (χ4n) is 2.87. The van der Waals surface area contributed by atoms with Crippen LogP contribution in [0.3, 0.4) is 0 Å². The lowest BCUT2D eigenvalue weighted by Crippen LogP contribution is -2.15. The van der Waals surface area contributed by atoms with Crippen LogP contribution < -0.4 is 14.8 Å². The van der Waals surface area contributed by atoms with Crippen molar-refractivity contribution in [3.05, 3.63) is 39.6 Å². The maximum atomic E-state index is 12.3. The quantitative estimate of drug-likeness (QED) is 0.948. The number of ether oxygens (including phenoxy) is 2. The molecule has 1 amide bonds. The molecule has 0 fully saturated rings. The van der Waals surface area contributed by atoms with Gasteiger partial charge < -0.3 is 14.8 Å². The molecule has 21 heavy (non-hydrogen) atoms. The summed E-state index contributed by atoms with van der Waals surface area (Å²) >= 11 is 1.60. The second-order valence-electron chi connectivity index (χ2n) is 5.22. The predicted octanol–water partition coefficient (Wildman–Crippen LogP) is 2.80. The molecule has 1 aromatic carbocycles. The van der Waals surface area contributed by atoms with E-state index in [2.05, 4.69) is 11.4 Å². The molecule has 0 unspecified atom stereocenters. The highest BCUT2D eigenvalue weighted by molar-refractivity contribution is 7.10. The van der Waals surface area contributed by atoms with Gasteiger partial charge >= 0.3 is 0 Å². The summed E-state index contributed by atoms with van der Waals surface area (Å²) in [5.41, 5.74) is 3.01. The third kappa shape index (κ3) is 2.27.